The Bertz CT molecular complexity index is 308. The zero-order valence-electron chi connectivity index (χ0n) is 7.40. The van der Waals surface area contributed by atoms with E-state index in [0.717, 1.165) is 5.56 Å². The third-order valence-corrected chi connectivity index (χ3v) is 1.82. The highest BCUT2D eigenvalue weighted by Crippen LogP contribution is 2.19. The van der Waals surface area contributed by atoms with Crippen molar-refractivity contribution in [3.63, 3.8) is 0 Å². The van der Waals surface area contributed by atoms with Gasteiger partial charge in [0, 0.05) is 12.2 Å². The Morgan fingerprint density at radius 1 is 1.54 bits per heavy atom. The normalized spacial score (nSPS) is 12.4. The maximum atomic E-state index is 5.82. The Balaban J connectivity index is 2.89. The van der Waals surface area contributed by atoms with Crippen molar-refractivity contribution in [3.8, 4) is 0 Å². The number of nitrogens with zero attached hydrogens (tertiary/aromatic N) is 1. The fourth-order valence-electron chi connectivity index (χ4n) is 1.03. The third-order valence-electron chi connectivity index (χ3n) is 1.82. The Labute approximate surface area is 77.4 Å². The summed E-state index contributed by atoms with van der Waals surface area (Å²) in [6, 6.07) is 1.64. The van der Waals surface area contributed by atoms with Gasteiger partial charge >= 0.3 is 0 Å². The molecule has 0 fully saturated rings. The largest absolute Gasteiger partial charge is 0.396 e. The van der Waals surface area contributed by atoms with E-state index in [-0.39, 0.29) is 6.04 Å². The molecule has 6 N–H and O–H groups in total. The first-order valence-electron chi connectivity index (χ1n) is 4.02. The molecule has 1 aromatic heterocycles. The molecule has 70 valence electrons. The van der Waals surface area contributed by atoms with Crippen LogP contribution >= 0.6 is 0 Å². The molecular weight excluding hydrogens is 164 g/mol. The van der Waals surface area contributed by atoms with Gasteiger partial charge in [-0.05, 0) is 18.1 Å². The van der Waals surface area contributed by atoms with Crippen molar-refractivity contribution >= 4 is 11.5 Å². The van der Waals surface area contributed by atoms with Gasteiger partial charge in [-0.2, -0.15) is 0 Å². The number of hydrogen-bond donors (Lipinski definition) is 3. The Hall–Kier alpha value is -1.55. The highest BCUT2D eigenvalue weighted by molar-refractivity contribution is 5.58. The molecule has 0 aliphatic rings. The maximum Gasteiger partial charge on any atom is 0.146 e. The summed E-state index contributed by atoms with van der Waals surface area (Å²) in [5, 5.41) is 0. The van der Waals surface area contributed by atoms with Crippen LogP contribution in [0.15, 0.2) is 24.9 Å². The molecule has 1 unspecified atom stereocenters. The SMILES string of the molecule is C=CCC(N)c1cnc(N)c(N)c1. The fraction of sp³-hybridized carbons (Fsp3) is 0.222. The van der Waals surface area contributed by atoms with Gasteiger partial charge in [0.2, 0.25) is 0 Å². The van der Waals surface area contributed by atoms with E-state index in [2.05, 4.69) is 11.6 Å². The van der Waals surface area contributed by atoms with Crippen molar-refractivity contribution in [2.45, 2.75) is 12.5 Å². The van der Waals surface area contributed by atoms with Crippen LogP contribution in [0, 0.1) is 0 Å². The van der Waals surface area contributed by atoms with Gasteiger partial charge in [-0.25, -0.2) is 4.98 Å². The molecule has 0 saturated heterocycles. The molecule has 0 bridgehead atoms. The molecular formula is C9H14N4. The lowest BCUT2D eigenvalue weighted by Crippen LogP contribution is -2.10. The molecule has 0 spiro atoms. The maximum absolute atomic E-state index is 5.82. The number of nitrogens with two attached hydrogens (primary N) is 3. The fourth-order valence-corrected chi connectivity index (χ4v) is 1.03. The van der Waals surface area contributed by atoms with Crippen LogP contribution in [0.2, 0.25) is 0 Å². The predicted octanol–water partition coefficient (Wildman–Crippen LogP) is 0.822. The first kappa shape index (κ1) is 9.54. The minimum atomic E-state index is -0.104. The number of hydrogen-bond acceptors (Lipinski definition) is 4. The molecule has 1 heterocycles. The van der Waals surface area contributed by atoms with Crippen LogP contribution in [0.25, 0.3) is 0 Å². The van der Waals surface area contributed by atoms with Gasteiger partial charge in [-0.1, -0.05) is 6.08 Å². The molecule has 0 radical (unpaired) electrons. The van der Waals surface area contributed by atoms with E-state index in [0.29, 0.717) is 17.9 Å². The van der Waals surface area contributed by atoms with Crippen molar-refractivity contribution in [2.75, 3.05) is 11.5 Å². The van der Waals surface area contributed by atoms with Crippen molar-refractivity contribution in [1.82, 2.24) is 4.98 Å². The summed E-state index contributed by atoms with van der Waals surface area (Å²) < 4.78 is 0. The number of anilines is 2. The van der Waals surface area contributed by atoms with Crippen LogP contribution in [0.4, 0.5) is 11.5 Å². The number of aromatic nitrogens is 1. The molecule has 1 aromatic rings. The van der Waals surface area contributed by atoms with Gasteiger partial charge in [0.1, 0.15) is 5.82 Å². The van der Waals surface area contributed by atoms with E-state index in [1.165, 1.54) is 0 Å². The van der Waals surface area contributed by atoms with Crippen LogP contribution in [0.3, 0.4) is 0 Å². The van der Waals surface area contributed by atoms with Crippen molar-refractivity contribution < 1.29 is 0 Å². The molecule has 13 heavy (non-hydrogen) atoms. The molecule has 4 nitrogen and oxygen atoms in total. The molecule has 1 rings (SSSR count). The molecule has 0 aromatic carbocycles. The van der Waals surface area contributed by atoms with Crippen LogP contribution in [0.5, 0.6) is 0 Å². The van der Waals surface area contributed by atoms with E-state index in [1.54, 1.807) is 18.3 Å². The summed E-state index contributed by atoms with van der Waals surface area (Å²) in [6.45, 7) is 3.61. The summed E-state index contributed by atoms with van der Waals surface area (Å²) in [5.74, 6) is 0.342. The van der Waals surface area contributed by atoms with Gasteiger partial charge in [0.05, 0.1) is 5.69 Å². The first-order valence-corrected chi connectivity index (χ1v) is 4.02. The van der Waals surface area contributed by atoms with E-state index in [9.17, 15) is 0 Å². The lowest BCUT2D eigenvalue weighted by atomic mass is 10.1. The standard InChI is InChI=1S/C9H14N4/c1-2-3-7(10)6-4-8(11)9(12)13-5-6/h2,4-5,7H,1,3,10-11H2,(H2,12,13). The number of nitrogen functional groups attached to an aromatic ring is 2. The van der Waals surface area contributed by atoms with E-state index in [4.69, 9.17) is 17.2 Å². The van der Waals surface area contributed by atoms with Crippen molar-refractivity contribution in [2.24, 2.45) is 5.73 Å². The van der Waals surface area contributed by atoms with Crippen molar-refractivity contribution in [1.29, 1.82) is 0 Å². The van der Waals surface area contributed by atoms with E-state index >= 15 is 0 Å². The second kappa shape index (κ2) is 3.91. The Morgan fingerprint density at radius 3 is 2.77 bits per heavy atom. The highest BCUT2D eigenvalue weighted by atomic mass is 14.9. The minimum absolute atomic E-state index is 0.104. The summed E-state index contributed by atoms with van der Waals surface area (Å²) in [4.78, 5) is 3.92. The van der Waals surface area contributed by atoms with E-state index in [1.807, 2.05) is 0 Å². The monoisotopic (exact) mass is 178 g/mol. The van der Waals surface area contributed by atoms with Crippen LogP contribution < -0.4 is 17.2 Å². The molecule has 0 saturated carbocycles. The quantitative estimate of drug-likeness (QED) is 0.597. The van der Waals surface area contributed by atoms with Gasteiger partial charge in [0.15, 0.2) is 0 Å². The lowest BCUT2D eigenvalue weighted by molar-refractivity contribution is 0.738. The second-order valence-corrected chi connectivity index (χ2v) is 2.87. The third kappa shape index (κ3) is 2.19. The van der Waals surface area contributed by atoms with E-state index < -0.39 is 0 Å². The minimum Gasteiger partial charge on any atom is -0.396 e. The second-order valence-electron chi connectivity index (χ2n) is 2.87. The molecule has 0 aliphatic heterocycles. The van der Waals surface area contributed by atoms with Crippen LogP contribution in [-0.4, -0.2) is 4.98 Å². The van der Waals surface area contributed by atoms with Crippen LogP contribution in [0.1, 0.15) is 18.0 Å². The Kier molecular flexibility index (Phi) is 2.87. The zero-order chi connectivity index (χ0) is 9.84. The number of pyridine rings is 1. The van der Waals surface area contributed by atoms with Gasteiger partial charge < -0.3 is 17.2 Å². The summed E-state index contributed by atoms with van der Waals surface area (Å²) in [7, 11) is 0. The average Bonchev–Trinajstić information content (AvgIpc) is 2.10. The molecule has 4 heteroatoms. The summed E-state index contributed by atoms with van der Waals surface area (Å²) in [5.41, 5.74) is 18.2. The number of rotatable bonds is 3. The lowest BCUT2D eigenvalue weighted by Gasteiger charge is -2.10. The topological polar surface area (TPSA) is 90.9 Å². The smallest absolute Gasteiger partial charge is 0.146 e. The molecule has 0 aliphatic carbocycles. The summed E-state index contributed by atoms with van der Waals surface area (Å²) >= 11 is 0. The summed E-state index contributed by atoms with van der Waals surface area (Å²) in [6.07, 6.45) is 4.10. The average molecular weight is 178 g/mol. The van der Waals surface area contributed by atoms with Gasteiger partial charge in [0.25, 0.3) is 0 Å². The zero-order valence-corrected chi connectivity index (χ0v) is 7.40. The van der Waals surface area contributed by atoms with Crippen molar-refractivity contribution in [3.05, 3.63) is 30.5 Å². The van der Waals surface area contributed by atoms with Crippen LogP contribution in [-0.2, 0) is 0 Å². The highest BCUT2D eigenvalue weighted by Gasteiger charge is 2.05. The molecule has 1 atom stereocenters. The Morgan fingerprint density at radius 2 is 2.23 bits per heavy atom. The predicted molar refractivity (Wildman–Crippen MR) is 54.8 cm³/mol. The van der Waals surface area contributed by atoms with Gasteiger partial charge in [-0.3, -0.25) is 0 Å². The first-order chi connectivity index (χ1) is 6.15. The molecule has 0 amide bonds. The van der Waals surface area contributed by atoms with Gasteiger partial charge in [-0.15, -0.1) is 6.58 Å².